The van der Waals surface area contributed by atoms with Gasteiger partial charge >= 0.3 is 15.6 Å². The molecule has 0 fully saturated rings. The van der Waals surface area contributed by atoms with Crippen LogP contribution < -0.4 is 11.5 Å². The first-order valence-electron chi connectivity index (χ1n) is 5.85. The zero-order valence-electron chi connectivity index (χ0n) is 10.7. The van der Waals surface area contributed by atoms with E-state index in [9.17, 15) is 9.13 Å². The highest BCUT2D eigenvalue weighted by Crippen LogP contribution is 2.53. The quantitative estimate of drug-likeness (QED) is 0.259. The molecule has 0 bridgehead atoms. The Kier molecular flexibility index (Phi) is 13.5. The van der Waals surface area contributed by atoms with Crippen LogP contribution in [-0.2, 0) is 13.4 Å². The summed E-state index contributed by atoms with van der Waals surface area (Å²) < 4.78 is 22.2. The van der Waals surface area contributed by atoms with Crippen molar-refractivity contribution in [3.63, 3.8) is 0 Å². The van der Waals surface area contributed by atoms with Crippen molar-refractivity contribution in [2.75, 3.05) is 13.1 Å². The van der Waals surface area contributed by atoms with Crippen molar-refractivity contribution < 1.29 is 33.0 Å². The molecule has 0 unspecified atom stereocenters. The lowest BCUT2D eigenvalue weighted by molar-refractivity contribution is 0.225. The van der Waals surface area contributed by atoms with Crippen LogP contribution in [0.1, 0.15) is 38.5 Å². The Bertz CT molecular complexity index is 263. The summed E-state index contributed by atoms with van der Waals surface area (Å²) in [5, 5.41) is 0. The molecular formula is C8H24N2O7P2. The highest BCUT2D eigenvalue weighted by atomic mass is 31.3. The fourth-order valence-corrected chi connectivity index (χ4v) is 2.24. The lowest BCUT2D eigenvalue weighted by atomic mass is 10.1. The molecule has 9 nitrogen and oxygen atoms in total. The second-order valence-electron chi connectivity index (χ2n) is 3.76. The summed E-state index contributed by atoms with van der Waals surface area (Å²) in [6, 6.07) is 0. The molecular weight excluding hydrogens is 298 g/mol. The fourth-order valence-electron chi connectivity index (χ4n) is 1.13. The van der Waals surface area contributed by atoms with Gasteiger partial charge in [0.25, 0.3) is 0 Å². The summed E-state index contributed by atoms with van der Waals surface area (Å²) in [5.41, 5.74) is 10.7. The molecule has 0 atom stereocenters. The summed E-state index contributed by atoms with van der Waals surface area (Å²) in [5.74, 6) is 0. The van der Waals surface area contributed by atoms with Crippen LogP contribution in [0.15, 0.2) is 0 Å². The molecule has 0 aliphatic rings. The first-order valence-corrected chi connectivity index (χ1v) is 8.91. The number of nitrogens with two attached hydrogens (primary N) is 2. The lowest BCUT2D eigenvalue weighted by Gasteiger charge is -2.03. The first kappa shape index (κ1) is 21.5. The van der Waals surface area contributed by atoms with E-state index in [1.54, 1.807) is 0 Å². The maximum atomic E-state index is 9.63. The predicted octanol–water partition coefficient (Wildman–Crippen LogP) is 0.433. The first-order chi connectivity index (χ1) is 8.62. The van der Waals surface area contributed by atoms with E-state index in [-0.39, 0.29) is 0 Å². The molecule has 19 heavy (non-hydrogen) atoms. The molecule has 0 aliphatic heterocycles. The Hall–Kier alpha value is 0.180. The van der Waals surface area contributed by atoms with Gasteiger partial charge in [-0.3, -0.25) is 0 Å². The second kappa shape index (κ2) is 12.0. The Morgan fingerprint density at radius 3 is 1.11 bits per heavy atom. The summed E-state index contributed by atoms with van der Waals surface area (Å²) in [6.07, 6.45) is 7.61. The lowest BCUT2D eigenvalue weighted by Crippen LogP contribution is -1.99. The van der Waals surface area contributed by atoms with E-state index in [1.165, 1.54) is 38.5 Å². The van der Waals surface area contributed by atoms with Crippen molar-refractivity contribution in [1.82, 2.24) is 0 Å². The number of hydrogen-bond donors (Lipinski definition) is 6. The van der Waals surface area contributed by atoms with Gasteiger partial charge in [-0.25, -0.2) is 9.13 Å². The number of phosphoric acid groups is 2. The molecule has 0 amide bonds. The van der Waals surface area contributed by atoms with Crippen molar-refractivity contribution in [3.05, 3.63) is 0 Å². The van der Waals surface area contributed by atoms with Gasteiger partial charge in [0.05, 0.1) is 0 Å². The summed E-state index contributed by atoms with van der Waals surface area (Å²) in [6.45, 7) is 1.69. The topological polar surface area (TPSA) is 176 Å². The molecule has 11 heteroatoms. The van der Waals surface area contributed by atoms with E-state index in [0.717, 1.165) is 13.1 Å². The standard InChI is InChI=1S/C8H20N2.H4O7P2/c9-7-5-3-1-2-4-6-8-10;1-8(2,3)7-9(4,5)6/h1-10H2;(H2,1,2,3)(H2,4,5,6). The molecule has 0 saturated carbocycles. The van der Waals surface area contributed by atoms with Crippen LogP contribution in [0.3, 0.4) is 0 Å². The molecule has 0 aromatic carbocycles. The molecule has 118 valence electrons. The van der Waals surface area contributed by atoms with Gasteiger partial charge in [-0.2, -0.15) is 4.31 Å². The molecule has 0 aromatic heterocycles. The molecule has 0 rings (SSSR count). The van der Waals surface area contributed by atoms with Gasteiger partial charge in [0.15, 0.2) is 0 Å². The van der Waals surface area contributed by atoms with E-state index in [1.807, 2.05) is 0 Å². The van der Waals surface area contributed by atoms with Gasteiger partial charge in [-0.1, -0.05) is 25.7 Å². The molecule has 0 saturated heterocycles. The summed E-state index contributed by atoms with van der Waals surface area (Å²) in [7, 11) is -10.1. The third-order valence-electron chi connectivity index (χ3n) is 1.87. The normalized spacial score (nSPS) is 11.9. The molecule has 0 spiro atoms. The Balaban J connectivity index is 0. The molecule has 0 aromatic rings. The summed E-state index contributed by atoms with van der Waals surface area (Å²) >= 11 is 0. The molecule has 0 aliphatic carbocycles. The highest BCUT2D eigenvalue weighted by molar-refractivity contribution is 7.60. The summed E-state index contributed by atoms with van der Waals surface area (Å²) in [4.78, 5) is 31.0. The van der Waals surface area contributed by atoms with Crippen LogP contribution in [0.2, 0.25) is 0 Å². The molecule has 0 radical (unpaired) electrons. The highest BCUT2D eigenvalue weighted by Gasteiger charge is 2.27. The smallest absolute Gasteiger partial charge is 0.330 e. The number of unbranched alkanes of at least 4 members (excludes halogenated alkanes) is 5. The van der Waals surface area contributed by atoms with Crippen molar-refractivity contribution in [2.24, 2.45) is 11.5 Å². The maximum absolute atomic E-state index is 9.63. The van der Waals surface area contributed by atoms with Crippen molar-refractivity contribution in [2.45, 2.75) is 38.5 Å². The van der Waals surface area contributed by atoms with Gasteiger partial charge in [-0.15, -0.1) is 0 Å². The van der Waals surface area contributed by atoms with E-state index in [2.05, 4.69) is 4.31 Å². The van der Waals surface area contributed by atoms with Crippen LogP contribution in [0, 0.1) is 0 Å². The SMILES string of the molecule is NCCCCCCCCN.O=P(O)(O)OP(=O)(O)O. The van der Waals surface area contributed by atoms with Gasteiger partial charge < -0.3 is 31.0 Å². The fraction of sp³-hybridized carbons (Fsp3) is 1.00. The average Bonchev–Trinajstić information content (AvgIpc) is 2.19. The zero-order chi connectivity index (χ0) is 15.4. The van der Waals surface area contributed by atoms with Crippen LogP contribution >= 0.6 is 15.6 Å². The van der Waals surface area contributed by atoms with E-state index >= 15 is 0 Å². The minimum Gasteiger partial charge on any atom is -0.330 e. The van der Waals surface area contributed by atoms with Crippen molar-refractivity contribution in [1.29, 1.82) is 0 Å². The Morgan fingerprint density at radius 2 is 0.947 bits per heavy atom. The van der Waals surface area contributed by atoms with Gasteiger partial charge in [0, 0.05) is 0 Å². The number of rotatable bonds is 9. The average molecular weight is 322 g/mol. The van der Waals surface area contributed by atoms with Gasteiger partial charge in [-0.05, 0) is 25.9 Å². The second-order valence-corrected chi connectivity index (χ2v) is 6.38. The zero-order valence-corrected chi connectivity index (χ0v) is 12.5. The van der Waals surface area contributed by atoms with E-state index in [4.69, 9.17) is 31.0 Å². The van der Waals surface area contributed by atoms with Crippen LogP contribution in [-0.4, -0.2) is 32.7 Å². The van der Waals surface area contributed by atoms with E-state index < -0.39 is 15.6 Å². The Labute approximate surface area is 112 Å². The monoisotopic (exact) mass is 322 g/mol. The minimum atomic E-state index is -5.05. The third kappa shape index (κ3) is 27.4. The van der Waals surface area contributed by atoms with Crippen molar-refractivity contribution >= 4 is 15.6 Å². The van der Waals surface area contributed by atoms with Gasteiger partial charge in [0.1, 0.15) is 0 Å². The van der Waals surface area contributed by atoms with Crippen LogP contribution in [0.25, 0.3) is 0 Å². The van der Waals surface area contributed by atoms with E-state index in [0.29, 0.717) is 0 Å². The predicted molar refractivity (Wildman–Crippen MR) is 71.0 cm³/mol. The largest absolute Gasteiger partial charge is 0.478 e. The number of hydrogen-bond acceptors (Lipinski definition) is 5. The van der Waals surface area contributed by atoms with Crippen LogP contribution in [0.5, 0.6) is 0 Å². The molecule has 0 heterocycles. The van der Waals surface area contributed by atoms with Crippen molar-refractivity contribution in [3.8, 4) is 0 Å². The molecule has 8 N–H and O–H groups in total. The van der Waals surface area contributed by atoms with Crippen LogP contribution in [0.4, 0.5) is 0 Å². The third-order valence-corrected chi connectivity index (χ3v) is 3.57. The maximum Gasteiger partial charge on any atom is 0.478 e. The minimum absolute atomic E-state index is 0.844. The Morgan fingerprint density at radius 1 is 0.684 bits per heavy atom. The van der Waals surface area contributed by atoms with Gasteiger partial charge in [0.2, 0.25) is 0 Å².